The molecule has 1 unspecified atom stereocenters. The monoisotopic (exact) mass is 401 g/mol. The van der Waals surface area contributed by atoms with Crippen LogP contribution in [0.5, 0.6) is 0 Å². The number of hydrogen-bond donors (Lipinski definition) is 0. The molecule has 7 heteroatoms. The predicted octanol–water partition coefficient (Wildman–Crippen LogP) is 1.94. The third kappa shape index (κ3) is 4.20. The lowest BCUT2D eigenvalue weighted by Crippen LogP contribution is -2.52. The number of piperidine rings is 1. The van der Waals surface area contributed by atoms with Crippen molar-refractivity contribution in [2.75, 3.05) is 39.3 Å². The number of piperazine rings is 1. The number of amides is 2. The summed E-state index contributed by atoms with van der Waals surface area (Å²) in [6, 6.07) is 0.448. The van der Waals surface area contributed by atoms with Gasteiger partial charge in [-0.15, -0.1) is 0 Å². The fraction of sp³-hybridized carbons (Fsp3) is 0.773. The Morgan fingerprint density at radius 3 is 2.38 bits per heavy atom. The molecule has 2 fully saturated rings. The number of rotatable bonds is 4. The van der Waals surface area contributed by atoms with Gasteiger partial charge in [-0.1, -0.05) is 6.92 Å². The Kier molecular flexibility index (Phi) is 6.23. The van der Waals surface area contributed by atoms with Gasteiger partial charge in [0.05, 0.1) is 0 Å². The first-order valence-electron chi connectivity index (χ1n) is 11.5. The predicted molar refractivity (Wildman–Crippen MR) is 112 cm³/mol. The summed E-state index contributed by atoms with van der Waals surface area (Å²) in [6.07, 6.45) is 7.47. The number of fused-ring (bicyclic) bond motifs is 1. The van der Waals surface area contributed by atoms with Crippen molar-refractivity contribution >= 4 is 11.8 Å². The number of aromatic nitrogens is 2. The molecule has 7 nitrogen and oxygen atoms in total. The number of nitrogens with zero attached hydrogens (tertiary/aromatic N) is 5. The maximum Gasteiger partial charge on any atom is 0.274 e. The van der Waals surface area contributed by atoms with Crippen molar-refractivity contribution in [2.24, 2.45) is 0 Å². The summed E-state index contributed by atoms with van der Waals surface area (Å²) >= 11 is 0. The standard InChI is InChI=1S/C22H35N5O2/c1-3-9-27-20-8-7-18(25-14-12-24(13-15-25)17(2)28)16-19(20)21(23-27)22(29)26-10-5-4-6-11-26/h18H,3-16H2,1-2H3. The summed E-state index contributed by atoms with van der Waals surface area (Å²) < 4.78 is 2.11. The van der Waals surface area contributed by atoms with E-state index in [2.05, 4.69) is 16.5 Å². The number of carbonyl (C=O) groups excluding carboxylic acids is 2. The summed E-state index contributed by atoms with van der Waals surface area (Å²) in [5, 5.41) is 4.83. The van der Waals surface area contributed by atoms with Gasteiger partial charge in [-0.2, -0.15) is 5.10 Å². The second-order valence-corrected chi connectivity index (χ2v) is 8.79. The number of carbonyl (C=O) groups is 2. The second-order valence-electron chi connectivity index (χ2n) is 8.79. The highest BCUT2D eigenvalue weighted by molar-refractivity contribution is 5.94. The minimum absolute atomic E-state index is 0.137. The molecule has 0 aromatic carbocycles. The molecule has 0 bridgehead atoms. The molecule has 1 aromatic heterocycles. The van der Waals surface area contributed by atoms with Crippen molar-refractivity contribution in [2.45, 2.75) is 71.4 Å². The Labute approximate surface area is 174 Å². The van der Waals surface area contributed by atoms with Gasteiger partial charge in [-0.25, -0.2) is 0 Å². The van der Waals surface area contributed by atoms with Gasteiger partial charge in [-0.3, -0.25) is 19.2 Å². The molecule has 3 heterocycles. The summed E-state index contributed by atoms with van der Waals surface area (Å²) in [4.78, 5) is 31.4. The molecule has 0 saturated carbocycles. The third-order valence-electron chi connectivity index (χ3n) is 6.88. The normalized spacial score (nSPS) is 23.2. The molecule has 1 atom stereocenters. The van der Waals surface area contributed by atoms with Crippen LogP contribution in [0.15, 0.2) is 0 Å². The highest BCUT2D eigenvalue weighted by atomic mass is 16.2. The van der Waals surface area contributed by atoms with E-state index in [1.807, 2.05) is 9.80 Å². The van der Waals surface area contributed by atoms with Crippen molar-refractivity contribution < 1.29 is 9.59 Å². The zero-order valence-corrected chi connectivity index (χ0v) is 18.0. The molecular weight excluding hydrogens is 366 g/mol. The molecule has 1 aromatic rings. The molecule has 160 valence electrons. The zero-order valence-electron chi connectivity index (χ0n) is 18.0. The van der Waals surface area contributed by atoms with Crippen LogP contribution in [0, 0.1) is 0 Å². The fourth-order valence-corrected chi connectivity index (χ4v) is 5.20. The number of hydrogen-bond acceptors (Lipinski definition) is 4. The third-order valence-corrected chi connectivity index (χ3v) is 6.88. The van der Waals surface area contributed by atoms with Crippen LogP contribution in [0.3, 0.4) is 0 Å². The average Bonchev–Trinajstić information content (AvgIpc) is 3.12. The van der Waals surface area contributed by atoms with Crippen molar-refractivity contribution in [1.82, 2.24) is 24.5 Å². The van der Waals surface area contributed by atoms with E-state index < -0.39 is 0 Å². The average molecular weight is 402 g/mol. The van der Waals surface area contributed by atoms with E-state index >= 15 is 0 Å². The van der Waals surface area contributed by atoms with Gasteiger partial charge >= 0.3 is 0 Å². The Morgan fingerprint density at radius 1 is 1.00 bits per heavy atom. The van der Waals surface area contributed by atoms with E-state index in [1.54, 1.807) is 6.92 Å². The topological polar surface area (TPSA) is 61.7 Å². The van der Waals surface area contributed by atoms with Crippen molar-refractivity contribution in [1.29, 1.82) is 0 Å². The van der Waals surface area contributed by atoms with Gasteiger partial charge in [-0.05, 0) is 44.9 Å². The molecule has 0 radical (unpaired) electrons. The first-order valence-corrected chi connectivity index (χ1v) is 11.5. The highest BCUT2D eigenvalue weighted by Crippen LogP contribution is 2.29. The van der Waals surface area contributed by atoms with Gasteiger partial charge in [0.1, 0.15) is 0 Å². The Morgan fingerprint density at radius 2 is 1.72 bits per heavy atom. The SMILES string of the molecule is CCCn1nc(C(=O)N2CCCCC2)c2c1CCC(N1CCN(C(C)=O)CC1)C2. The van der Waals surface area contributed by atoms with E-state index in [-0.39, 0.29) is 11.8 Å². The molecule has 2 aliphatic heterocycles. The van der Waals surface area contributed by atoms with Gasteiger partial charge in [0.15, 0.2) is 5.69 Å². The lowest BCUT2D eigenvalue weighted by atomic mass is 9.89. The van der Waals surface area contributed by atoms with Crippen LogP contribution in [0.2, 0.25) is 0 Å². The molecule has 4 rings (SSSR count). The second kappa shape index (κ2) is 8.86. The summed E-state index contributed by atoms with van der Waals surface area (Å²) in [5.74, 6) is 0.309. The smallest absolute Gasteiger partial charge is 0.274 e. The van der Waals surface area contributed by atoms with Crippen LogP contribution in [-0.2, 0) is 24.2 Å². The van der Waals surface area contributed by atoms with Crippen molar-refractivity contribution in [3.63, 3.8) is 0 Å². The lowest BCUT2D eigenvalue weighted by molar-refractivity contribution is -0.130. The van der Waals surface area contributed by atoms with E-state index in [9.17, 15) is 9.59 Å². The van der Waals surface area contributed by atoms with Crippen LogP contribution in [0.4, 0.5) is 0 Å². The van der Waals surface area contributed by atoms with Gasteiger partial charge < -0.3 is 9.80 Å². The van der Waals surface area contributed by atoms with Gasteiger partial charge in [0.25, 0.3) is 5.91 Å². The maximum absolute atomic E-state index is 13.3. The van der Waals surface area contributed by atoms with Crippen LogP contribution in [0.1, 0.15) is 67.7 Å². The minimum atomic E-state index is 0.137. The Balaban J connectivity index is 1.52. The van der Waals surface area contributed by atoms with Crippen LogP contribution in [0.25, 0.3) is 0 Å². The number of likely N-dealkylation sites (tertiary alicyclic amines) is 1. The van der Waals surface area contributed by atoms with Gasteiger partial charge in [0, 0.05) is 70.0 Å². The van der Waals surface area contributed by atoms with Crippen LogP contribution >= 0.6 is 0 Å². The fourth-order valence-electron chi connectivity index (χ4n) is 5.20. The zero-order chi connectivity index (χ0) is 20.4. The van der Waals surface area contributed by atoms with E-state index in [4.69, 9.17) is 5.10 Å². The molecule has 1 aliphatic carbocycles. The first kappa shape index (κ1) is 20.4. The molecule has 0 N–H and O–H groups in total. The molecule has 3 aliphatic rings. The molecular formula is C22H35N5O2. The lowest BCUT2D eigenvalue weighted by Gasteiger charge is -2.40. The Bertz CT molecular complexity index is 745. The summed E-state index contributed by atoms with van der Waals surface area (Å²) in [6.45, 7) is 9.92. The summed E-state index contributed by atoms with van der Waals surface area (Å²) in [7, 11) is 0. The quantitative estimate of drug-likeness (QED) is 0.774. The van der Waals surface area contributed by atoms with Crippen LogP contribution < -0.4 is 0 Å². The van der Waals surface area contributed by atoms with E-state index in [1.165, 1.54) is 17.7 Å². The van der Waals surface area contributed by atoms with Gasteiger partial charge in [0.2, 0.25) is 5.91 Å². The van der Waals surface area contributed by atoms with E-state index in [0.717, 1.165) is 84.3 Å². The maximum atomic E-state index is 13.3. The van der Waals surface area contributed by atoms with E-state index in [0.29, 0.717) is 11.7 Å². The van der Waals surface area contributed by atoms with Crippen molar-refractivity contribution in [3.8, 4) is 0 Å². The van der Waals surface area contributed by atoms with Crippen LogP contribution in [-0.4, -0.2) is 81.6 Å². The summed E-state index contributed by atoms with van der Waals surface area (Å²) in [5.41, 5.74) is 3.19. The number of aryl methyl sites for hydroxylation is 1. The molecule has 29 heavy (non-hydrogen) atoms. The van der Waals surface area contributed by atoms with Crippen molar-refractivity contribution in [3.05, 3.63) is 17.0 Å². The largest absolute Gasteiger partial charge is 0.340 e. The Hall–Kier alpha value is -1.89. The molecule has 2 amide bonds. The minimum Gasteiger partial charge on any atom is -0.340 e. The molecule has 2 saturated heterocycles. The first-order chi connectivity index (χ1) is 14.1. The molecule has 0 spiro atoms. The highest BCUT2D eigenvalue weighted by Gasteiger charge is 2.34.